The molecule has 0 aromatic heterocycles. The van der Waals surface area contributed by atoms with Crippen LogP contribution in [0, 0.1) is 17.8 Å². The Morgan fingerprint density at radius 3 is 2.70 bits per heavy atom. The van der Waals surface area contributed by atoms with Crippen LogP contribution in [0.1, 0.15) is 39.0 Å². The second-order valence-corrected chi connectivity index (χ2v) is 9.15. The number of hydrogen-bond acceptors (Lipinski definition) is 5. The molecule has 2 N–H and O–H groups in total. The zero-order chi connectivity index (χ0) is 13.7. The summed E-state index contributed by atoms with van der Waals surface area (Å²) in [4.78, 5) is 11.9. The van der Waals surface area contributed by atoms with Crippen LogP contribution in [0.15, 0.2) is 0 Å². The highest BCUT2D eigenvalue weighted by Gasteiger charge is 2.51. The lowest BCUT2D eigenvalue weighted by Crippen LogP contribution is -2.45. The van der Waals surface area contributed by atoms with Crippen LogP contribution in [0.2, 0.25) is 0 Å². The van der Waals surface area contributed by atoms with Crippen molar-refractivity contribution in [2.24, 2.45) is 17.8 Å². The van der Waals surface area contributed by atoms with Gasteiger partial charge in [0.05, 0.1) is 5.25 Å². The van der Waals surface area contributed by atoms with Gasteiger partial charge in [0.2, 0.25) is 0 Å². The van der Waals surface area contributed by atoms with Gasteiger partial charge < -0.3 is 5.32 Å². The minimum absolute atomic E-state index is 0.219. The molecule has 2 aliphatic carbocycles. The third-order valence-electron chi connectivity index (χ3n) is 5.64. The van der Waals surface area contributed by atoms with Crippen LogP contribution in [0.5, 0.6) is 0 Å². The number of carbonyl (C=O) groups excluding carboxylic acids is 1. The average molecular weight is 313 g/mol. The summed E-state index contributed by atoms with van der Waals surface area (Å²) < 4.78 is 3.67. The highest BCUT2D eigenvalue weighted by Crippen LogP contribution is 2.51. The van der Waals surface area contributed by atoms with E-state index < -0.39 is 0 Å². The van der Waals surface area contributed by atoms with Gasteiger partial charge in [0.25, 0.3) is 0 Å². The summed E-state index contributed by atoms with van der Waals surface area (Å²) in [6.07, 6.45) is 6.71. The first-order valence-electron chi connectivity index (χ1n) is 8.00. The highest BCUT2D eigenvalue weighted by molar-refractivity contribution is 8.00. The molecule has 0 aromatic carbocycles. The molecular weight excluding hydrogens is 288 g/mol. The zero-order valence-corrected chi connectivity index (χ0v) is 13.6. The molecule has 0 aromatic rings. The van der Waals surface area contributed by atoms with E-state index in [-0.39, 0.29) is 5.25 Å². The molecule has 0 spiro atoms. The first-order valence-corrected chi connectivity index (χ1v) is 9.93. The Bertz CT molecular complexity index is 401. The van der Waals surface area contributed by atoms with Gasteiger partial charge in [-0.3, -0.25) is 9.52 Å². The van der Waals surface area contributed by atoms with E-state index in [1.807, 2.05) is 0 Å². The number of hydrogen-bond donors (Lipinski definition) is 2. The van der Waals surface area contributed by atoms with E-state index in [1.54, 1.807) is 18.9 Å². The van der Waals surface area contributed by atoms with Crippen LogP contribution < -0.4 is 10.0 Å². The largest absolute Gasteiger partial charge is 0.304 e. The van der Waals surface area contributed by atoms with Crippen molar-refractivity contribution in [1.82, 2.24) is 10.0 Å². The molecule has 0 radical (unpaired) electrons. The highest BCUT2D eigenvalue weighted by atomic mass is 32.2. The summed E-state index contributed by atoms with van der Waals surface area (Å²) in [5.41, 5.74) is 0. The zero-order valence-electron chi connectivity index (χ0n) is 12.0. The molecule has 4 fully saturated rings. The topological polar surface area (TPSA) is 41.1 Å². The lowest BCUT2D eigenvalue weighted by atomic mass is 9.74. The van der Waals surface area contributed by atoms with E-state index in [4.69, 9.17) is 0 Å². The maximum atomic E-state index is 11.9. The molecule has 4 aliphatic rings. The van der Waals surface area contributed by atoms with Gasteiger partial charge in [0, 0.05) is 23.2 Å². The van der Waals surface area contributed by atoms with Gasteiger partial charge in [-0.2, -0.15) is 0 Å². The Kier molecular flexibility index (Phi) is 3.82. The molecule has 20 heavy (non-hydrogen) atoms. The maximum Gasteiger partial charge on any atom is 0.144 e. The molecule has 112 valence electrons. The fraction of sp³-hybridized carbons (Fsp3) is 0.933. The molecule has 2 heterocycles. The van der Waals surface area contributed by atoms with E-state index in [0.717, 1.165) is 29.0 Å². The second-order valence-electron chi connectivity index (χ2n) is 6.94. The molecule has 0 amide bonds. The number of fused-ring (bicyclic) bond motifs is 1. The fourth-order valence-electron chi connectivity index (χ4n) is 4.46. The van der Waals surface area contributed by atoms with Gasteiger partial charge in [-0.15, -0.1) is 11.8 Å². The van der Waals surface area contributed by atoms with E-state index >= 15 is 0 Å². The van der Waals surface area contributed by atoms with Gasteiger partial charge in [0.1, 0.15) is 5.78 Å². The van der Waals surface area contributed by atoms with Crippen molar-refractivity contribution in [3.63, 3.8) is 0 Å². The quantitative estimate of drug-likeness (QED) is 0.783. The maximum absolute atomic E-state index is 11.9. The number of thioether (sulfide) groups is 1. The normalized spacial score (nSPS) is 48.2. The van der Waals surface area contributed by atoms with E-state index in [0.29, 0.717) is 17.7 Å². The number of nitrogens with one attached hydrogen (secondary N) is 2. The first-order chi connectivity index (χ1) is 9.74. The molecule has 5 heteroatoms. The first kappa shape index (κ1) is 13.9. The Balaban J connectivity index is 1.48. The molecule has 6 unspecified atom stereocenters. The Labute approximate surface area is 129 Å². The van der Waals surface area contributed by atoms with Gasteiger partial charge in [-0.1, -0.05) is 11.9 Å². The smallest absolute Gasteiger partial charge is 0.144 e. The van der Waals surface area contributed by atoms with Crippen LogP contribution >= 0.6 is 23.7 Å². The van der Waals surface area contributed by atoms with Crippen LogP contribution in [0.25, 0.3) is 0 Å². The molecule has 2 aliphatic heterocycles. The van der Waals surface area contributed by atoms with Crippen molar-refractivity contribution < 1.29 is 4.79 Å². The van der Waals surface area contributed by atoms with Crippen molar-refractivity contribution in [2.45, 2.75) is 61.6 Å². The SMILES string of the molecule is CC(=O)C1SNC(C2CCC3SCNC3C2)C1C1CC1. The number of ketones is 1. The van der Waals surface area contributed by atoms with Crippen molar-refractivity contribution in [3.05, 3.63) is 0 Å². The lowest BCUT2D eigenvalue weighted by molar-refractivity contribution is -0.117. The van der Waals surface area contributed by atoms with E-state index in [1.165, 1.54) is 32.1 Å². The summed E-state index contributed by atoms with van der Waals surface area (Å²) in [5.74, 6) is 3.71. The minimum Gasteiger partial charge on any atom is -0.304 e. The Morgan fingerprint density at radius 1 is 1.15 bits per heavy atom. The van der Waals surface area contributed by atoms with Crippen molar-refractivity contribution >= 4 is 29.5 Å². The lowest BCUT2D eigenvalue weighted by Gasteiger charge is -2.37. The van der Waals surface area contributed by atoms with Gasteiger partial charge in [-0.05, 0) is 56.8 Å². The van der Waals surface area contributed by atoms with Gasteiger partial charge in [0.15, 0.2) is 0 Å². The minimum atomic E-state index is 0.219. The van der Waals surface area contributed by atoms with E-state index in [9.17, 15) is 4.79 Å². The number of Topliss-reactive ketones (excluding diaryl/α,β-unsaturated/α-hetero) is 1. The van der Waals surface area contributed by atoms with Crippen molar-refractivity contribution in [1.29, 1.82) is 0 Å². The molecule has 6 atom stereocenters. The fourth-order valence-corrected chi connectivity index (χ4v) is 7.10. The van der Waals surface area contributed by atoms with Gasteiger partial charge >= 0.3 is 0 Å². The molecule has 4 rings (SSSR count). The average Bonchev–Trinajstić information content (AvgIpc) is 3.02. The number of carbonyl (C=O) groups is 1. The summed E-state index contributed by atoms with van der Waals surface area (Å²) in [5, 5.41) is 4.74. The predicted molar refractivity (Wildman–Crippen MR) is 85.7 cm³/mol. The summed E-state index contributed by atoms with van der Waals surface area (Å²) in [6, 6.07) is 1.30. The van der Waals surface area contributed by atoms with Crippen LogP contribution in [-0.4, -0.2) is 34.2 Å². The second kappa shape index (κ2) is 5.49. The number of rotatable bonds is 3. The molecule has 2 saturated carbocycles. The Hall–Kier alpha value is 0.290. The molecular formula is C15H24N2OS2. The third-order valence-corrected chi connectivity index (χ3v) is 8.27. The standard InChI is InChI=1S/C15H24N2OS2/c1-8(18)15-13(9-2-3-9)14(17-20-15)10-4-5-12-11(6-10)16-7-19-12/h9-17H,2-7H2,1H3. The third kappa shape index (κ3) is 2.44. The van der Waals surface area contributed by atoms with E-state index in [2.05, 4.69) is 21.8 Å². The predicted octanol–water partition coefficient (Wildman–Crippen LogP) is 2.42. The summed E-state index contributed by atoms with van der Waals surface area (Å²) in [7, 11) is 0. The van der Waals surface area contributed by atoms with Crippen molar-refractivity contribution in [2.75, 3.05) is 5.88 Å². The molecule has 2 saturated heterocycles. The van der Waals surface area contributed by atoms with Crippen LogP contribution in [0.4, 0.5) is 0 Å². The monoisotopic (exact) mass is 312 g/mol. The molecule has 3 nitrogen and oxygen atoms in total. The van der Waals surface area contributed by atoms with Gasteiger partial charge in [-0.25, -0.2) is 0 Å². The van der Waals surface area contributed by atoms with Crippen LogP contribution in [-0.2, 0) is 4.79 Å². The molecule has 0 bridgehead atoms. The summed E-state index contributed by atoms with van der Waals surface area (Å²) in [6.45, 7) is 1.78. The van der Waals surface area contributed by atoms with Crippen LogP contribution in [0.3, 0.4) is 0 Å². The Morgan fingerprint density at radius 2 is 1.95 bits per heavy atom. The van der Waals surface area contributed by atoms with Crippen molar-refractivity contribution in [3.8, 4) is 0 Å². The summed E-state index contributed by atoms with van der Waals surface area (Å²) >= 11 is 3.83.